The fourth-order valence-electron chi connectivity index (χ4n) is 5.77. The van der Waals surface area contributed by atoms with E-state index in [9.17, 15) is 18.0 Å². The van der Waals surface area contributed by atoms with Gasteiger partial charge in [0.15, 0.2) is 0 Å². The first-order valence-corrected chi connectivity index (χ1v) is 17.5. The number of nitrogens with two attached hydrogens (primary N) is 1. The normalized spacial score (nSPS) is 18.0. The number of hydrogen-bond donors (Lipinski definition) is 2. The van der Waals surface area contributed by atoms with Gasteiger partial charge in [-0.3, -0.25) is 9.59 Å². The van der Waals surface area contributed by atoms with Crippen molar-refractivity contribution in [1.82, 2.24) is 14.6 Å². The molecule has 2 aliphatic heterocycles. The van der Waals surface area contributed by atoms with Gasteiger partial charge in [0, 0.05) is 80.5 Å². The number of piperazine rings is 1. The number of carbonyl (C=O) groups excluding carboxylic acids is 2. The summed E-state index contributed by atoms with van der Waals surface area (Å²) in [7, 11) is 2.34. The van der Waals surface area contributed by atoms with E-state index in [-0.39, 0.29) is 83.0 Å². The number of alkyl halides is 2. The van der Waals surface area contributed by atoms with Crippen molar-refractivity contribution in [3.63, 3.8) is 0 Å². The molecule has 0 spiro atoms. The minimum Gasteiger partial charge on any atom is -0.354 e. The Morgan fingerprint density at radius 1 is 1.02 bits per heavy atom. The molecule has 3 N–H and O–H groups in total. The van der Waals surface area contributed by atoms with Crippen molar-refractivity contribution in [1.29, 1.82) is 0 Å². The van der Waals surface area contributed by atoms with Gasteiger partial charge in [-0.1, -0.05) is 23.7 Å². The molecular formula is C33H41ClF2N7O4S+. The van der Waals surface area contributed by atoms with Crippen LogP contribution in [0.15, 0.2) is 65.6 Å². The third kappa shape index (κ3) is 8.12. The van der Waals surface area contributed by atoms with Crippen LogP contribution in [-0.4, -0.2) is 107 Å². The van der Waals surface area contributed by atoms with Crippen LogP contribution in [0, 0.1) is 0 Å². The van der Waals surface area contributed by atoms with Gasteiger partial charge in [-0.05, 0) is 48.5 Å². The topological polar surface area (TPSA) is 129 Å². The standard InChI is InChI=1S/C33H40ClF2N7O4S/c1-43(2,3)18-4-13-38-32(45)23-5-7-24(8-6-23)33(35,36)25-19-29(34)39-30(20-25)40-14-16-41(17-15-40)48(46,47)28-11-9-27(10-12-28)42-22-26(37)21-31(42)44/h5-12,19-20,26H,4,13-18,21-22,37H2,1-3H3/p+1/t26-/m1/s1. The van der Waals surface area contributed by atoms with Crippen LogP contribution in [0.1, 0.15) is 34.3 Å². The zero-order valence-corrected chi connectivity index (χ0v) is 28.8. The summed E-state index contributed by atoms with van der Waals surface area (Å²) in [5, 5.41) is 2.70. The largest absolute Gasteiger partial charge is 0.354 e. The molecule has 0 aliphatic carbocycles. The molecule has 0 bridgehead atoms. The molecular weight excluding hydrogens is 664 g/mol. The molecule has 3 heterocycles. The molecule has 0 radical (unpaired) electrons. The fourth-order valence-corrected chi connectivity index (χ4v) is 7.40. The molecule has 3 aromatic rings. The molecule has 2 aromatic carbocycles. The second-order valence-corrected chi connectivity index (χ2v) is 15.5. The number of quaternary nitrogens is 1. The fraction of sp³-hybridized carbons (Fsp3) is 0.424. The summed E-state index contributed by atoms with van der Waals surface area (Å²) in [6.07, 6.45) is 1.03. The van der Waals surface area contributed by atoms with Crippen molar-refractivity contribution in [3.8, 4) is 0 Å². The lowest BCUT2D eigenvalue weighted by molar-refractivity contribution is -0.870. The van der Waals surface area contributed by atoms with E-state index in [4.69, 9.17) is 17.3 Å². The van der Waals surface area contributed by atoms with Crippen molar-refractivity contribution >= 4 is 44.9 Å². The third-order valence-corrected chi connectivity index (χ3v) is 10.6. The molecule has 0 unspecified atom stereocenters. The summed E-state index contributed by atoms with van der Waals surface area (Å²) in [4.78, 5) is 32.3. The average molecular weight is 705 g/mol. The van der Waals surface area contributed by atoms with Crippen LogP contribution in [0.3, 0.4) is 0 Å². The number of aromatic nitrogens is 1. The Labute approximate surface area is 284 Å². The van der Waals surface area contributed by atoms with Gasteiger partial charge in [-0.25, -0.2) is 13.4 Å². The van der Waals surface area contributed by atoms with Crippen LogP contribution in [-0.2, 0) is 20.7 Å². The van der Waals surface area contributed by atoms with Crippen LogP contribution in [0.2, 0.25) is 5.15 Å². The smallest absolute Gasteiger partial charge is 0.298 e. The minimum atomic E-state index is -3.85. The Morgan fingerprint density at radius 3 is 2.25 bits per heavy atom. The van der Waals surface area contributed by atoms with Gasteiger partial charge in [0.1, 0.15) is 11.0 Å². The zero-order valence-electron chi connectivity index (χ0n) is 27.2. The summed E-state index contributed by atoms with van der Waals surface area (Å²) in [6.45, 7) is 2.34. The number of anilines is 2. The molecule has 15 heteroatoms. The Bertz CT molecular complexity index is 1740. The number of pyridine rings is 1. The van der Waals surface area contributed by atoms with E-state index in [1.165, 1.54) is 46.8 Å². The summed E-state index contributed by atoms with van der Waals surface area (Å²) in [5.41, 5.74) is 6.06. The monoisotopic (exact) mass is 704 g/mol. The quantitative estimate of drug-likeness (QED) is 0.178. The maximum absolute atomic E-state index is 15.8. The Hall–Kier alpha value is -3.69. The minimum absolute atomic E-state index is 0.0850. The molecule has 258 valence electrons. The van der Waals surface area contributed by atoms with Gasteiger partial charge < -0.3 is 25.3 Å². The number of hydrogen-bond acceptors (Lipinski definition) is 7. The average Bonchev–Trinajstić information content (AvgIpc) is 3.39. The first-order valence-electron chi connectivity index (χ1n) is 15.7. The van der Waals surface area contributed by atoms with Crippen LogP contribution in [0.25, 0.3) is 0 Å². The summed E-state index contributed by atoms with van der Waals surface area (Å²) < 4.78 is 60.4. The van der Waals surface area contributed by atoms with Crippen molar-refractivity contribution in [3.05, 3.63) is 82.5 Å². The van der Waals surface area contributed by atoms with E-state index in [1.54, 1.807) is 21.9 Å². The summed E-state index contributed by atoms with van der Waals surface area (Å²) in [6, 6.07) is 13.4. The molecule has 0 saturated carbocycles. The number of halogens is 3. The maximum Gasteiger partial charge on any atom is 0.298 e. The van der Waals surface area contributed by atoms with Crippen molar-refractivity contribution < 1.29 is 31.3 Å². The van der Waals surface area contributed by atoms with Crippen molar-refractivity contribution in [2.75, 3.05) is 76.8 Å². The molecule has 1 atom stereocenters. The highest BCUT2D eigenvalue weighted by Crippen LogP contribution is 2.38. The second-order valence-electron chi connectivity index (χ2n) is 13.2. The summed E-state index contributed by atoms with van der Waals surface area (Å²) in [5.74, 6) is -3.67. The van der Waals surface area contributed by atoms with Gasteiger partial charge >= 0.3 is 0 Å². The second kappa shape index (κ2) is 14.0. The molecule has 2 fully saturated rings. The van der Waals surface area contributed by atoms with Gasteiger partial charge in [0.25, 0.3) is 11.8 Å². The number of benzene rings is 2. The highest BCUT2D eigenvalue weighted by atomic mass is 35.5. The maximum atomic E-state index is 15.8. The molecule has 5 rings (SSSR count). The van der Waals surface area contributed by atoms with Crippen molar-refractivity contribution in [2.24, 2.45) is 5.73 Å². The Balaban J connectivity index is 1.22. The van der Waals surface area contributed by atoms with Crippen LogP contribution in [0.5, 0.6) is 0 Å². The SMILES string of the molecule is C[N+](C)(C)CCCNC(=O)c1ccc(C(F)(F)c2cc(Cl)nc(N3CCN(S(=O)(=O)c4ccc(N5C[C@H](N)CC5=O)cc4)CC3)c2)cc1. The Morgan fingerprint density at radius 2 is 1.67 bits per heavy atom. The number of nitrogens with zero attached hydrogens (tertiary/aromatic N) is 5. The molecule has 2 saturated heterocycles. The first-order chi connectivity index (χ1) is 22.5. The van der Waals surface area contributed by atoms with E-state index >= 15 is 8.78 Å². The first kappa shape index (κ1) is 35.6. The zero-order chi connectivity index (χ0) is 34.9. The predicted octanol–water partition coefficient (Wildman–Crippen LogP) is 3.28. The summed E-state index contributed by atoms with van der Waals surface area (Å²) >= 11 is 6.21. The van der Waals surface area contributed by atoms with E-state index in [0.29, 0.717) is 18.8 Å². The van der Waals surface area contributed by atoms with Crippen LogP contribution < -0.4 is 20.9 Å². The van der Waals surface area contributed by atoms with E-state index in [1.807, 2.05) is 0 Å². The lowest BCUT2D eigenvalue weighted by Gasteiger charge is -2.35. The number of rotatable bonds is 11. The van der Waals surface area contributed by atoms with Crippen molar-refractivity contribution in [2.45, 2.75) is 29.7 Å². The van der Waals surface area contributed by atoms with E-state index < -0.39 is 15.9 Å². The lowest BCUT2D eigenvalue weighted by atomic mass is 9.99. The van der Waals surface area contributed by atoms with Gasteiger partial charge in [-0.2, -0.15) is 13.1 Å². The van der Waals surface area contributed by atoms with Gasteiger partial charge in [0.2, 0.25) is 15.9 Å². The van der Waals surface area contributed by atoms with E-state index in [0.717, 1.165) is 23.5 Å². The highest BCUT2D eigenvalue weighted by molar-refractivity contribution is 7.89. The molecule has 2 aliphatic rings. The molecule has 11 nitrogen and oxygen atoms in total. The Kier molecular flexibility index (Phi) is 10.4. The van der Waals surface area contributed by atoms with Crippen LogP contribution >= 0.6 is 11.6 Å². The number of sulfonamides is 1. The number of nitrogens with one attached hydrogen (secondary N) is 1. The van der Waals surface area contributed by atoms with Gasteiger partial charge in [-0.15, -0.1) is 0 Å². The lowest BCUT2D eigenvalue weighted by Crippen LogP contribution is -2.49. The molecule has 1 aromatic heterocycles. The highest BCUT2D eigenvalue weighted by Gasteiger charge is 2.36. The number of amides is 2. The third-order valence-electron chi connectivity index (χ3n) is 8.45. The molecule has 48 heavy (non-hydrogen) atoms. The predicted molar refractivity (Wildman–Crippen MR) is 181 cm³/mol. The van der Waals surface area contributed by atoms with Gasteiger partial charge in [0.05, 0.1) is 32.6 Å². The van der Waals surface area contributed by atoms with Crippen LogP contribution in [0.4, 0.5) is 20.3 Å². The molecule has 2 amide bonds. The van der Waals surface area contributed by atoms with E-state index in [2.05, 4.69) is 31.4 Å². The number of carbonyl (C=O) groups is 2.